The standard InChI is InChI=1S/C21H22Cl2FN3O3/c22-13-4-3-12(17(23)8-13)11-26-19(29)20(24)5-6-21(30,27-14-9-15(28)10-14)18-16(20)2-1-7-25-18/h1-4,7-8,14-15,27-28,30H,5-6,9-11H2,(H,26,29)/t14?,15?,20-,21-/m0/s1. The van der Waals surface area contributed by atoms with Crippen molar-refractivity contribution in [1.29, 1.82) is 0 Å². The number of aromatic nitrogens is 1. The Bertz CT molecular complexity index is 972. The molecule has 4 N–H and O–H groups in total. The van der Waals surface area contributed by atoms with Gasteiger partial charge in [-0.15, -0.1) is 0 Å². The molecule has 1 amide bonds. The van der Waals surface area contributed by atoms with E-state index in [1.165, 1.54) is 18.3 Å². The van der Waals surface area contributed by atoms with Crippen LogP contribution < -0.4 is 10.6 Å². The Morgan fingerprint density at radius 1 is 1.27 bits per heavy atom. The number of hydrogen-bond donors (Lipinski definition) is 4. The Balaban J connectivity index is 1.55. The van der Waals surface area contributed by atoms with Crippen molar-refractivity contribution in [2.75, 3.05) is 0 Å². The molecular formula is C21H22Cl2FN3O3. The zero-order valence-electron chi connectivity index (χ0n) is 16.0. The van der Waals surface area contributed by atoms with E-state index in [-0.39, 0.29) is 36.7 Å². The van der Waals surface area contributed by atoms with Gasteiger partial charge >= 0.3 is 0 Å². The summed E-state index contributed by atoms with van der Waals surface area (Å²) in [6.45, 7) is 0.0403. The van der Waals surface area contributed by atoms with Crippen LogP contribution in [-0.4, -0.2) is 33.3 Å². The average Bonchev–Trinajstić information content (AvgIpc) is 2.69. The van der Waals surface area contributed by atoms with E-state index in [1.54, 1.807) is 18.2 Å². The van der Waals surface area contributed by atoms with Gasteiger partial charge in [0.05, 0.1) is 11.8 Å². The van der Waals surface area contributed by atoms with Crippen molar-refractivity contribution in [3.05, 3.63) is 63.4 Å². The number of amides is 1. The first-order chi connectivity index (χ1) is 14.2. The Morgan fingerprint density at radius 2 is 2.03 bits per heavy atom. The van der Waals surface area contributed by atoms with Gasteiger partial charge in [0, 0.05) is 34.4 Å². The van der Waals surface area contributed by atoms with Crippen LogP contribution in [-0.2, 0) is 22.7 Å². The summed E-state index contributed by atoms with van der Waals surface area (Å²) in [6.07, 6.45) is 1.82. The Hall–Kier alpha value is -1.77. The smallest absolute Gasteiger partial charge is 0.262 e. The second kappa shape index (κ2) is 8.05. The number of aliphatic hydroxyl groups excluding tert-OH is 1. The van der Waals surface area contributed by atoms with Crippen molar-refractivity contribution < 1.29 is 19.4 Å². The number of pyridine rings is 1. The third-order valence-electron chi connectivity index (χ3n) is 5.83. The van der Waals surface area contributed by atoms with E-state index in [2.05, 4.69) is 15.6 Å². The summed E-state index contributed by atoms with van der Waals surface area (Å²) in [5.74, 6) is -0.816. The van der Waals surface area contributed by atoms with Gasteiger partial charge in [-0.25, -0.2) is 4.39 Å². The quantitative estimate of drug-likeness (QED) is 0.522. The first-order valence-corrected chi connectivity index (χ1v) is 10.5. The summed E-state index contributed by atoms with van der Waals surface area (Å²) >= 11 is 12.0. The third kappa shape index (κ3) is 3.92. The van der Waals surface area contributed by atoms with E-state index in [4.69, 9.17) is 23.2 Å². The van der Waals surface area contributed by atoms with Gasteiger partial charge in [0.15, 0.2) is 5.72 Å². The minimum atomic E-state index is -2.34. The first kappa shape index (κ1) is 21.5. The number of carbonyl (C=O) groups is 1. The molecule has 2 aromatic rings. The van der Waals surface area contributed by atoms with E-state index in [1.807, 2.05) is 0 Å². The predicted molar refractivity (Wildman–Crippen MR) is 111 cm³/mol. The molecule has 0 aliphatic heterocycles. The van der Waals surface area contributed by atoms with Gasteiger partial charge in [-0.2, -0.15) is 0 Å². The van der Waals surface area contributed by atoms with Gasteiger partial charge in [0.25, 0.3) is 5.91 Å². The molecule has 30 heavy (non-hydrogen) atoms. The van der Waals surface area contributed by atoms with Crippen LogP contribution >= 0.6 is 23.2 Å². The molecule has 0 radical (unpaired) electrons. The molecule has 2 atom stereocenters. The van der Waals surface area contributed by atoms with Crippen molar-refractivity contribution in [3.63, 3.8) is 0 Å². The van der Waals surface area contributed by atoms with E-state index in [9.17, 15) is 15.0 Å². The maximum Gasteiger partial charge on any atom is 0.262 e. The summed E-state index contributed by atoms with van der Waals surface area (Å²) in [5, 5.41) is 27.2. The van der Waals surface area contributed by atoms with Crippen LogP contribution in [0.25, 0.3) is 0 Å². The zero-order valence-corrected chi connectivity index (χ0v) is 17.5. The molecule has 0 spiro atoms. The van der Waals surface area contributed by atoms with Crippen LogP contribution in [0.2, 0.25) is 10.0 Å². The van der Waals surface area contributed by atoms with Crippen molar-refractivity contribution >= 4 is 29.1 Å². The number of hydrogen-bond acceptors (Lipinski definition) is 5. The summed E-state index contributed by atoms with van der Waals surface area (Å²) in [7, 11) is 0. The second-order valence-electron chi connectivity index (χ2n) is 7.95. The van der Waals surface area contributed by atoms with Crippen molar-refractivity contribution in [2.45, 2.75) is 55.8 Å². The van der Waals surface area contributed by atoms with Gasteiger partial charge in [-0.3, -0.25) is 15.1 Å². The molecule has 9 heteroatoms. The fourth-order valence-electron chi connectivity index (χ4n) is 4.06. The number of halogens is 3. The lowest BCUT2D eigenvalue weighted by atomic mass is 9.76. The van der Waals surface area contributed by atoms with Crippen LogP contribution in [0.4, 0.5) is 4.39 Å². The average molecular weight is 454 g/mol. The fourth-order valence-corrected chi connectivity index (χ4v) is 4.54. The highest BCUT2D eigenvalue weighted by Crippen LogP contribution is 2.45. The Kier molecular flexibility index (Phi) is 5.76. The van der Waals surface area contributed by atoms with Crippen LogP contribution in [0.5, 0.6) is 0 Å². The molecule has 1 saturated carbocycles. The number of nitrogens with zero attached hydrogens (tertiary/aromatic N) is 1. The van der Waals surface area contributed by atoms with Gasteiger partial charge in [0.1, 0.15) is 0 Å². The zero-order chi connectivity index (χ0) is 21.5. The highest BCUT2D eigenvalue weighted by molar-refractivity contribution is 6.35. The molecule has 0 bridgehead atoms. The van der Waals surface area contributed by atoms with E-state index in [0.29, 0.717) is 28.5 Å². The highest BCUT2D eigenvalue weighted by Gasteiger charge is 2.53. The lowest BCUT2D eigenvalue weighted by Crippen LogP contribution is -2.58. The van der Waals surface area contributed by atoms with E-state index in [0.717, 1.165) is 0 Å². The summed E-state index contributed by atoms with van der Waals surface area (Å²) in [5.41, 5.74) is -3.15. The van der Waals surface area contributed by atoms with E-state index >= 15 is 4.39 Å². The van der Waals surface area contributed by atoms with Crippen LogP contribution in [0.15, 0.2) is 36.5 Å². The lowest BCUT2D eigenvalue weighted by Gasteiger charge is -2.44. The molecule has 2 aliphatic rings. The first-order valence-electron chi connectivity index (χ1n) is 9.76. The number of fused-ring (bicyclic) bond motifs is 1. The van der Waals surface area contributed by atoms with Gasteiger partial charge < -0.3 is 15.5 Å². The number of alkyl halides is 1. The van der Waals surface area contributed by atoms with Gasteiger partial charge in [-0.1, -0.05) is 35.3 Å². The number of aliphatic hydroxyl groups is 2. The lowest BCUT2D eigenvalue weighted by molar-refractivity contribution is -0.139. The SMILES string of the molecule is O=C(NCc1ccc(Cl)cc1Cl)[C@]1(F)CC[C@@](O)(NC2CC(O)C2)c2ncccc21. The molecule has 6 nitrogen and oxygen atoms in total. The summed E-state index contributed by atoms with van der Waals surface area (Å²) in [6, 6.07) is 7.78. The third-order valence-corrected chi connectivity index (χ3v) is 6.42. The molecule has 0 unspecified atom stereocenters. The highest BCUT2D eigenvalue weighted by atomic mass is 35.5. The Labute approximate surface area is 183 Å². The molecule has 1 aromatic carbocycles. The number of rotatable bonds is 5. The molecule has 1 aromatic heterocycles. The molecule has 160 valence electrons. The maximum atomic E-state index is 16.0. The second-order valence-corrected chi connectivity index (χ2v) is 8.79. The molecule has 2 aliphatic carbocycles. The van der Waals surface area contributed by atoms with Crippen molar-refractivity contribution in [1.82, 2.24) is 15.6 Å². The number of benzene rings is 1. The van der Waals surface area contributed by atoms with Gasteiger partial charge in [0.2, 0.25) is 5.67 Å². The predicted octanol–water partition coefficient (Wildman–Crippen LogP) is 2.92. The summed E-state index contributed by atoms with van der Waals surface area (Å²) < 4.78 is 16.0. The molecular weight excluding hydrogens is 432 g/mol. The minimum absolute atomic E-state index is 0.0325. The number of nitrogens with one attached hydrogen (secondary N) is 2. The number of carbonyl (C=O) groups excluding carboxylic acids is 1. The fraction of sp³-hybridized carbons (Fsp3) is 0.429. The van der Waals surface area contributed by atoms with Crippen molar-refractivity contribution in [2.24, 2.45) is 0 Å². The van der Waals surface area contributed by atoms with Crippen LogP contribution in [0, 0.1) is 0 Å². The Morgan fingerprint density at radius 3 is 2.73 bits per heavy atom. The monoisotopic (exact) mass is 453 g/mol. The molecule has 0 saturated heterocycles. The van der Waals surface area contributed by atoms with Crippen LogP contribution in [0.1, 0.15) is 42.5 Å². The minimum Gasteiger partial charge on any atom is -0.393 e. The largest absolute Gasteiger partial charge is 0.393 e. The van der Waals surface area contributed by atoms with Crippen molar-refractivity contribution in [3.8, 4) is 0 Å². The van der Waals surface area contributed by atoms with E-state index < -0.39 is 23.4 Å². The normalized spacial score (nSPS) is 30.3. The topological polar surface area (TPSA) is 94.5 Å². The maximum absolute atomic E-state index is 16.0. The molecule has 1 fully saturated rings. The summed E-state index contributed by atoms with van der Waals surface area (Å²) in [4.78, 5) is 17.1. The van der Waals surface area contributed by atoms with Crippen LogP contribution in [0.3, 0.4) is 0 Å². The van der Waals surface area contributed by atoms with Gasteiger partial charge in [-0.05, 0) is 49.4 Å². The molecule has 1 heterocycles. The molecule has 4 rings (SSSR count).